The molecule has 2 fully saturated rings. The van der Waals surface area contributed by atoms with Gasteiger partial charge in [0.05, 0.1) is 18.8 Å². The Balaban J connectivity index is 1.83. The zero-order valence-electron chi connectivity index (χ0n) is 8.54. The van der Waals surface area contributed by atoms with E-state index in [0.29, 0.717) is 31.2 Å². The summed E-state index contributed by atoms with van der Waals surface area (Å²) in [5, 5.41) is 11.8. The van der Waals surface area contributed by atoms with Gasteiger partial charge in [-0.05, 0) is 29.7 Å². The summed E-state index contributed by atoms with van der Waals surface area (Å²) >= 11 is 0. The molecule has 6 nitrogen and oxygen atoms in total. The molecule has 0 spiro atoms. The van der Waals surface area contributed by atoms with E-state index >= 15 is 0 Å². The molecule has 0 radical (unpaired) electrons. The van der Waals surface area contributed by atoms with Gasteiger partial charge in [0.1, 0.15) is 0 Å². The Hall–Kier alpha value is -1.01. The van der Waals surface area contributed by atoms with Crippen LogP contribution in [-0.2, 0) is 11.3 Å². The van der Waals surface area contributed by atoms with E-state index in [-0.39, 0.29) is 0 Å². The molecule has 2 aliphatic rings. The summed E-state index contributed by atoms with van der Waals surface area (Å²) in [7, 11) is 0. The van der Waals surface area contributed by atoms with E-state index < -0.39 is 0 Å². The largest absolute Gasteiger partial charge is 0.374 e. The summed E-state index contributed by atoms with van der Waals surface area (Å²) < 4.78 is 7.62. The van der Waals surface area contributed by atoms with Crippen LogP contribution in [0.25, 0.3) is 0 Å². The van der Waals surface area contributed by atoms with E-state index in [2.05, 4.69) is 15.5 Å². The molecular weight excluding hydrogens is 194 g/mol. The lowest BCUT2D eigenvalue weighted by Crippen LogP contribution is -2.21. The van der Waals surface area contributed by atoms with Gasteiger partial charge in [-0.25, -0.2) is 4.68 Å². The number of nitrogens with zero attached hydrogens (tertiary/aromatic N) is 4. The van der Waals surface area contributed by atoms with Crippen LogP contribution in [0, 0.1) is 0 Å². The monoisotopic (exact) mass is 209 g/mol. The predicted molar refractivity (Wildman–Crippen MR) is 52.1 cm³/mol. The van der Waals surface area contributed by atoms with Crippen LogP contribution in [0.1, 0.15) is 31.0 Å². The standard InChI is InChI=1S/C9H15N5O/c10-3-4-14-9(11-12-13-14)7-5-6-1-2-8(7)15-6/h6-8H,1-5,10H2. The summed E-state index contributed by atoms with van der Waals surface area (Å²) in [6.45, 7) is 1.26. The van der Waals surface area contributed by atoms with Gasteiger partial charge in [-0.1, -0.05) is 0 Å². The number of hydrogen-bond donors (Lipinski definition) is 1. The molecule has 1 aromatic heterocycles. The highest BCUT2D eigenvalue weighted by atomic mass is 16.5. The predicted octanol–water partition coefficient (Wildman–Crippen LogP) is -0.333. The molecule has 15 heavy (non-hydrogen) atoms. The average Bonchev–Trinajstić information content (AvgIpc) is 2.91. The fourth-order valence-corrected chi connectivity index (χ4v) is 2.67. The highest BCUT2D eigenvalue weighted by Crippen LogP contribution is 2.43. The van der Waals surface area contributed by atoms with E-state index in [1.807, 2.05) is 4.68 Å². The van der Waals surface area contributed by atoms with Crippen molar-refractivity contribution in [1.82, 2.24) is 20.2 Å². The smallest absolute Gasteiger partial charge is 0.157 e. The van der Waals surface area contributed by atoms with Crippen molar-refractivity contribution in [3.8, 4) is 0 Å². The van der Waals surface area contributed by atoms with Crippen molar-refractivity contribution in [2.45, 2.75) is 43.9 Å². The third-order valence-electron chi connectivity index (χ3n) is 3.34. The van der Waals surface area contributed by atoms with Gasteiger partial charge < -0.3 is 10.5 Å². The maximum Gasteiger partial charge on any atom is 0.157 e. The normalized spacial score (nSPS) is 33.8. The van der Waals surface area contributed by atoms with Crippen molar-refractivity contribution in [2.75, 3.05) is 6.54 Å². The van der Waals surface area contributed by atoms with Crippen molar-refractivity contribution in [2.24, 2.45) is 5.73 Å². The summed E-state index contributed by atoms with van der Waals surface area (Å²) in [4.78, 5) is 0. The maximum atomic E-state index is 5.80. The lowest BCUT2D eigenvalue weighted by atomic mass is 9.88. The van der Waals surface area contributed by atoms with Crippen LogP contribution in [0.2, 0.25) is 0 Å². The fraction of sp³-hybridized carbons (Fsp3) is 0.889. The van der Waals surface area contributed by atoms with E-state index in [4.69, 9.17) is 10.5 Å². The third kappa shape index (κ3) is 1.44. The minimum Gasteiger partial charge on any atom is -0.374 e. The molecular formula is C9H15N5O. The van der Waals surface area contributed by atoms with Gasteiger partial charge in [0, 0.05) is 12.5 Å². The fourth-order valence-electron chi connectivity index (χ4n) is 2.67. The second-order valence-corrected chi connectivity index (χ2v) is 4.26. The van der Waals surface area contributed by atoms with Crippen molar-refractivity contribution in [3.05, 3.63) is 5.82 Å². The molecule has 0 aliphatic carbocycles. The van der Waals surface area contributed by atoms with Crippen LogP contribution < -0.4 is 5.73 Å². The van der Waals surface area contributed by atoms with Crippen LogP contribution >= 0.6 is 0 Å². The first-order valence-corrected chi connectivity index (χ1v) is 5.50. The van der Waals surface area contributed by atoms with E-state index in [0.717, 1.165) is 18.7 Å². The molecule has 82 valence electrons. The molecule has 6 heteroatoms. The zero-order chi connectivity index (χ0) is 10.3. The number of nitrogens with two attached hydrogens (primary N) is 1. The minimum absolute atomic E-state index is 0.331. The second kappa shape index (κ2) is 3.53. The Morgan fingerprint density at radius 2 is 2.40 bits per heavy atom. The lowest BCUT2D eigenvalue weighted by molar-refractivity contribution is 0.0994. The van der Waals surface area contributed by atoms with Crippen LogP contribution in [0.5, 0.6) is 0 Å². The quantitative estimate of drug-likeness (QED) is 0.737. The first-order chi connectivity index (χ1) is 7.38. The first-order valence-electron chi connectivity index (χ1n) is 5.50. The van der Waals surface area contributed by atoms with Gasteiger partial charge in [-0.15, -0.1) is 5.10 Å². The Morgan fingerprint density at radius 3 is 3.07 bits per heavy atom. The van der Waals surface area contributed by atoms with Gasteiger partial charge in [0.2, 0.25) is 0 Å². The molecule has 0 saturated carbocycles. The number of fused-ring (bicyclic) bond motifs is 2. The molecule has 0 amide bonds. The highest BCUT2D eigenvalue weighted by molar-refractivity contribution is 5.06. The van der Waals surface area contributed by atoms with Crippen molar-refractivity contribution in [1.29, 1.82) is 0 Å². The summed E-state index contributed by atoms with van der Waals surface area (Å²) in [6.07, 6.45) is 4.17. The molecule has 1 aromatic rings. The Morgan fingerprint density at radius 1 is 1.47 bits per heavy atom. The number of ether oxygens (including phenoxy) is 1. The Kier molecular flexibility index (Phi) is 2.17. The first kappa shape index (κ1) is 9.23. The van der Waals surface area contributed by atoms with Gasteiger partial charge in [0.15, 0.2) is 5.82 Å². The van der Waals surface area contributed by atoms with Gasteiger partial charge in [-0.3, -0.25) is 0 Å². The average molecular weight is 209 g/mol. The Bertz CT molecular complexity index is 352. The minimum atomic E-state index is 0.331. The SMILES string of the molecule is NCCn1nnnc1C1CC2CCC1O2. The molecule has 2 aliphatic heterocycles. The molecule has 3 heterocycles. The zero-order valence-corrected chi connectivity index (χ0v) is 8.54. The topological polar surface area (TPSA) is 78.9 Å². The number of rotatable bonds is 3. The molecule has 2 N–H and O–H groups in total. The molecule has 3 atom stereocenters. The maximum absolute atomic E-state index is 5.80. The highest BCUT2D eigenvalue weighted by Gasteiger charge is 2.43. The molecule has 2 bridgehead atoms. The lowest BCUT2D eigenvalue weighted by Gasteiger charge is -2.17. The van der Waals surface area contributed by atoms with E-state index in [9.17, 15) is 0 Å². The second-order valence-electron chi connectivity index (χ2n) is 4.26. The molecule has 3 unspecified atom stereocenters. The van der Waals surface area contributed by atoms with E-state index in [1.165, 1.54) is 6.42 Å². The van der Waals surface area contributed by atoms with Crippen molar-refractivity contribution in [3.63, 3.8) is 0 Å². The molecule has 3 rings (SSSR count). The van der Waals surface area contributed by atoms with Crippen LogP contribution in [0.15, 0.2) is 0 Å². The number of hydrogen-bond acceptors (Lipinski definition) is 5. The van der Waals surface area contributed by atoms with E-state index in [1.54, 1.807) is 0 Å². The Labute approximate surface area is 87.8 Å². The summed E-state index contributed by atoms with van der Waals surface area (Å²) in [5.74, 6) is 1.33. The van der Waals surface area contributed by atoms with Gasteiger partial charge in [-0.2, -0.15) is 0 Å². The van der Waals surface area contributed by atoms with Gasteiger partial charge in [0.25, 0.3) is 0 Å². The van der Waals surface area contributed by atoms with Crippen LogP contribution in [0.3, 0.4) is 0 Å². The molecule has 2 saturated heterocycles. The number of aromatic nitrogens is 4. The van der Waals surface area contributed by atoms with Crippen molar-refractivity contribution < 1.29 is 4.74 Å². The molecule has 0 aromatic carbocycles. The third-order valence-corrected chi connectivity index (χ3v) is 3.34. The van der Waals surface area contributed by atoms with Crippen LogP contribution in [-0.4, -0.2) is 39.0 Å². The van der Waals surface area contributed by atoms with Crippen LogP contribution in [0.4, 0.5) is 0 Å². The summed E-state index contributed by atoms with van der Waals surface area (Å²) in [6, 6.07) is 0. The number of tetrazole rings is 1. The van der Waals surface area contributed by atoms with Gasteiger partial charge >= 0.3 is 0 Å². The summed E-state index contributed by atoms with van der Waals surface area (Å²) in [5.41, 5.74) is 5.52. The van der Waals surface area contributed by atoms with Crippen molar-refractivity contribution >= 4 is 0 Å².